The zero-order valence-electron chi connectivity index (χ0n) is 18.5. The molecular formula is C25H26N2O6. The van der Waals surface area contributed by atoms with Gasteiger partial charge in [0.05, 0.1) is 29.8 Å². The molecule has 0 bridgehead atoms. The summed E-state index contributed by atoms with van der Waals surface area (Å²) >= 11 is 0. The molecule has 2 N–H and O–H groups in total. The molecule has 0 spiro atoms. The van der Waals surface area contributed by atoms with E-state index in [4.69, 9.17) is 9.47 Å². The van der Waals surface area contributed by atoms with Crippen molar-refractivity contribution in [3.8, 4) is 17.4 Å². The summed E-state index contributed by atoms with van der Waals surface area (Å²) in [6.07, 6.45) is 3.15. The van der Waals surface area contributed by atoms with Gasteiger partial charge in [-0.25, -0.2) is 4.79 Å². The molecule has 1 heterocycles. The molecule has 3 rings (SSSR count). The van der Waals surface area contributed by atoms with E-state index in [9.17, 15) is 19.9 Å². The minimum Gasteiger partial charge on any atom is -0.616 e. The molecule has 3 aromatic rings. The first-order valence-electron chi connectivity index (χ1n) is 10.7. The molecule has 2 aromatic carbocycles. The van der Waals surface area contributed by atoms with Crippen LogP contribution < -0.4 is 19.5 Å². The number of carboxylic acids is 1. The highest BCUT2D eigenvalue weighted by molar-refractivity contribution is 6.00. The molecule has 0 aliphatic heterocycles. The number of para-hydroxylation sites is 1. The highest BCUT2D eigenvalue weighted by atomic mass is 16.6. The quantitative estimate of drug-likeness (QED) is 0.346. The van der Waals surface area contributed by atoms with Gasteiger partial charge in [0.25, 0.3) is 0 Å². The number of nitrogens with zero attached hydrogens (tertiary/aromatic N) is 1. The van der Waals surface area contributed by atoms with Crippen LogP contribution in [0.1, 0.15) is 42.6 Å². The maximum absolute atomic E-state index is 12.4. The smallest absolute Gasteiger partial charge is 0.384 e. The molecule has 0 saturated carbocycles. The summed E-state index contributed by atoms with van der Waals surface area (Å²) in [5.74, 6) is -0.307. The number of benzene rings is 2. The lowest BCUT2D eigenvalue weighted by atomic mass is 10.1. The van der Waals surface area contributed by atoms with E-state index in [1.165, 1.54) is 24.4 Å². The van der Waals surface area contributed by atoms with E-state index in [0.29, 0.717) is 16.0 Å². The van der Waals surface area contributed by atoms with Gasteiger partial charge in [-0.15, -0.1) is 4.73 Å². The molecule has 172 valence electrons. The van der Waals surface area contributed by atoms with Gasteiger partial charge >= 0.3 is 11.8 Å². The molecule has 1 aromatic heterocycles. The Morgan fingerprint density at radius 1 is 1.00 bits per heavy atom. The maximum Gasteiger partial charge on any atom is 0.384 e. The lowest BCUT2D eigenvalue weighted by Gasteiger charge is -2.15. The highest BCUT2D eigenvalue weighted by Gasteiger charge is 2.15. The highest BCUT2D eigenvalue weighted by Crippen LogP contribution is 2.23. The average Bonchev–Trinajstić information content (AvgIpc) is 2.80. The number of carbonyl (C=O) groups is 2. The Bertz CT molecular complexity index is 1110. The van der Waals surface area contributed by atoms with Crippen LogP contribution in [0.2, 0.25) is 0 Å². The monoisotopic (exact) mass is 450 g/mol. The van der Waals surface area contributed by atoms with Crippen molar-refractivity contribution in [2.24, 2.45) is 0 Å². The van der Waals surface area contributed by atoms with Crippen molar-refractivity contribution in [1.29, 1.82) is 0 Å². The molecule has 33 heavy (non-hydrogen) atoms. The third-order valence-corrected chi connectivity index (χ3v) is 5.00. The first-order chi connectivity index (χ1) is 15.9. The van der Waals surface area contributed by atoms with E-state index in [2.05, 4.69) is 19.2 Å². The van der Waals surface area contributed by atoms with Gasteiger partial charge in [-0.2, -0.15) is 0 Å². The number of rotatable bonds is 10. The second kappa shape index (κ2) is 11.0. The van der Waals surface area contributed by atoms with Crippen molar-refractivity contribution in [3.63, 3.8) is 0 Å². The molecule has 0 radical (unpaired) electrons. The van der Waals surface area contributed by atoms with E-state index in [0.717, 1.165) is 18.6 Å². The predicted octanol–water partition coefficient (Wildman–Crippen LogP) is 4.56. The van der Waals surface area contributed by atoms with E-state index in [-0.39, 0.29) is 29.7 Å². The minimum atomic E-state index is -1.14. The number of hydrogen-bond donors (Lipinski definition) is 2. The van der Waals surface area contributed by atoms with Crippen molar-refractivity contribution in [1.82, 2.24) is 0 Å². The molecule has 1 amide bonds. The Morgan fingerprint density at radius 3 is 2.30 bits per heavy atom. The first-order valence-corrected chi connectivity index (χ1v) is 10.7. The molecule has 8 heteroatoms. The number of pyridine rings is 1. The first kappa shape index (κ1) is 23.6. The molecule has 0 atom stereocenters. The SMILES string of the molecule is CCC(CC)Oc1ccc(Oc2ccc(CC(=O)Nc3ccccc3C(=O)O)c[n+]2[O-])cc1. The minimum absolute atomic E-state index is 0.00943. The van der Waals surface area contributed by atoms with Crippen molar-refractivity contribution >= 4 is 17.6 Å². The Hall–Kier alpha value is -4.07. The lowest BCUT2D eigenvalue weighted by Crippen LogP contribution is -2.29. The Balaban J connectivity index is 1.62. The second-order valence-electron chi connectivity index (χ2n) is 7.41. The number of nitrogens with one attached hydrogen (secondary N) is 1. The topological polar surface area (TPSA) is 112 Å². The number of carbonyl (C=O) groups excluding carboxylic acids is 1. The van der Waals surface area contributed by atoms with Crippen LogP contribution in [0.5, 0.6) is 17.4 Å². The van der Waals surface area contributed by atoms with Gasteiger partial charge in [0.15, 0.2) is 6.20 Å². The summed E-state index contributed by atoms with van der Waals surface area (Å²) in [7, 11) is 0. The van der Waals surface area contributed by atoms with Gasteiger partial charge in [0.2, 0.25) is 5.91 Å². The van der Waals surface area contributed by atoms with Gasteiger partial charge < -0.3 is 25.1 Å². The summed E-state index contributed by atoms with van der Waals surface area (Å²) in [6, 6.07) is 16.2. The fourth-order valence-corrected chi connectivity index (χ4v) is 3.21. The van der Waals surface area contributed by atoms with Crippen LogP contribution in [-0.2, 0) is 11.2 Å². The van der Waals surface area contributed by atoms with Crippen molar-refractivity contribution < 1.29 is 28.9 Å². The van der Waals surface area contributed by atoms with E-state index in [1.807, 2.05) is 0 Å². The van der Waals surface area contributed by atoms with Gasteiger partial charge in [-0.1, -0.05) is 26.0 Å². The number of anilines is 1. The van der Waals surface area contributed by atoms with Crippen LogP contribution in [0.4, 0.5) is 5.69 Å². The number of ether oxygens (including phenoxy) is 2. The van der Waals surface area contributed by atoms with E-state index < -0.39 is 11.9 Å². The molecule has 8 nitrogen and oxygen atoms in total. The molecule has 0 fully saturated rings. The van der Waals surface area contributed by atoms with Crippen LogP contribution >= 0.6 is 0 Å². The summed E-state index contributed by atoms with van der Waals surface area (Å²) in [5, 5.41) is 24.2. The molecule has 0 aliphatic carbocycles. The van der Waals surface area contributed by atoms with E-state index in [1.54, 1.807) is 42.5 Å². The largest absolute Gasteiger partial charge is 0.616 e. The molecule has 0 unspecified atom stereocenters. The van der Waals surface area contributed by atoms with Gasteiger partial charge in [-0.3, -0.25) is 4.79 Å². The Kier molecular flexibility index (Phi) is 7.86. The van der Waals surface area contributed by atoms with Crippen LogP contribution in [0, 0.1) is 5.21 Å². The predicted molar refractivity (Wildman–Crippen MR) is 123 cm³/mol. The van der Waals surface area contributed by atoms with Gasteiger partial charge in [0, 0.05) is 5.56 Å². The van der Waals surface area contributed by atoms with Crippen LogP contribution in [0.15, 0.2) is 66.9 Å². The standard InChI is InChI=1S/C25H26N2O6/c1-3-18(4-2)32-19-10-12-20(13-11-19)33-24-14-9-17(16-27(24)31)15-23(28)26-22-8-6-5-7-21(22)25(29)30/h5-14,16,18H,3-4,15H2,1-2H3,(H,26,28)(H,29,30). The van der Waals surface area contributed by atoms with Gasteiger partial charge in [-0.05, 0) is 55.3 Å². The molecule has 0 saturated heterocycles. The number of hydrogen-bond acceptors (Lipinski definition) is 5. The summed E-state index contributed by atoms with van der Waals surface area (Å²) in [6.45, 7) is 4.14. The third-order valence-electron chi connectivity index (χ3n) is 5.00. The zero-order valence-corrected chi connectivity index (χ0v) is 18.5. The fraction of sp³-hybridized carbons (Fsp3) is 0.240. The van der Waals surface area contributed by atoms with E-state index >= 15 is 0 Å². The Labute approximate surface area is 192 Å². The van der Waals surface area contributed by atoms with Crippen molar-refractivity contribution in [2.45, 2.75) is 39.2 Å². The summed E-state index contributed by atoms with van der Waals surface area (Å²) < 4.78 is 12.1. The van der Waals surface area contributed by atoms with Crippen molar-refractivity contribution in [2.75, 3.05) is 5.32 Å². The fourth-order valence-electron chi connectivity index (χ4n) is 3.21. The zero-order chi connectivity index (χ0) is 23.8. The molecular weight excluding hydrogens is 424 g/mol. The lowest BCUT2D eigenvalue weighted by molar-refractivity contribution is -0.611. The van der Waals surface area contributed by atoms with Crippen LogP contribution in [0.3, 0.4) is 0 Å². The summed E-state index contributed by atoms with van der Waals surface area (Å²) in [4.78, 5) is 23.6. The third kappa shape index (κ3) is 6.46. The normalized spacial score (nSPS) is 10.6. The number of aromatic nitrogens is 1. The van der Waals surface area contributed by atoms with Crippen LogP contribution in [0.25, 0.3) is 0 Å². The summed E-state index contributed by atoms with van der Waals surface area (Å²) in [5.41, 5.74) is 0.642. The van der Waals surface area contributed by atoms with Crippen molar-refractivity contribution in [3.05, 3.63) is 83.2 Å². The number of amides is 1. The maximum atomic E-state index is 12.4. The second-order valence-corrected chi connectivity index (χ2v) is 7.41. The number of carboxylic acid groups (broad SMARTS) is 1. The average molecular weight is 450 g/mol. The van der Waals surface area contributed by atoms with Gasteiger partial charge in [0.1, 0.15) is 11.5 Å². The van der Waals surface area contributed by atoms with Crippen LogP contribution in [-0.4, -0.2) is 23.1 Å². The molecule has 0 aliphatic rings. The Morgan fingerprint density at radius 2 is 1.67 bits per heavy atom. The number of aromatic carboxylic acids is 1.